The van der Waals surface area contributed by atoms with Crippen molar-refractivity contribution in [3.8, 4) is 0 Å². The van der Waals surface area contributed by atoms with E-state index in [0.29, 0.717) is 14.3 Å². The molecule has 2 rings (SSSR count). The number of hydrogen-bond donors (Lipinski definition) is 1. The zero-order chi connectivity index (χ0) is 14.7. The number of benzene rings is 1. The van der Waals surface area contributed by atoms with Gasteiger partial charge >= 0.3 is 0 Å². The SMILES string of the molecule is CCCCC(CC)Cn1c(=S)[nH]c2cc(I)c(F)cc21. The van der Waals surface area contributed by atoms with E-state index in [1.165, 1.54) is 19.3 Å². The Hall–Kier alpha value is -0.430. The van der Waals surface area contributed by atoms with Crippen molar-refractivity contribution in [1.29, 1.82) is 0 Å². The average molecular weight is 406 g/mol. The molecule has 2 aromatic rings. The summed E-state index contributed by atoms with van der Waals surface area (Å²) in [6.07, 6.45) is 4.78. The lowest BCUT2D eigenvalue weighted by molar-refractivity contribution is 0.393. The number of aromatic nitrogens is 2. The molecule has 2 nitrogen and oxygen atoms in total. The molecule has 1 atom stereocenters. The molecule has 0 aliphatic rings. The van der Waals surface area contributed by atoms with Crippen molar-refractivity contribution in [3.63, 3.8) is 0 Å². The molecule has 0 amide bonds. The Bertz CT molecular complexity index is 647. The van der Waals surface area contributed by atoms with E-state index < -0.39 is 0 Å². The zero-order valence-electron chi connectivity index (χ0n) is 11.9. The highest BCUT2D eigenvalue weighted by atomic mass is 127. The number of imidazole rings is 1. The van der Waals surface area contributed by atoms with E-state index >= 15 is 0 Å². The van der Waals surface area contributed by atoms with Crippen LogP contribution in [-0.4, -0.2) is 9.55 Å². The lowest BCUT2D eigenvalue weighted by Gasteiger charge is -2.15. The van der Waals surface area contributed by atoms with Crippen molar-refractivity contribution < 1.29 is 4.39 Å². The van der Waals surface area contributed by atoms with Crippen LogP contribution in [0.15, 0.2) is 12.1 Å². The zero-order valence-corrected chi connectivity index (χ0v) is 14.9. The highest BCUT2D eigenvalue weighted by molar-refractivity contribution is 14.1. The Balaban J connectivity index is 2.36. The van der Waals surface area contributed by atoms with E-state index in [0.717, 1.165) is 24.0 Å². The molecule has 0 spiro atoms. The summed E-state index contributed by atoms with van der Waals surface area (Å²) in [5.74, 6) is 0.422. The summed E-state index contributed by atoms with van der Waals surface area (Å²) in [6, 6.07) is 3.42. The molecule has 5 heteroatoms. The highest BCUT2D eigenvalue weighted by Crippen LogP contribution is 2.23. The number of nitrogens with zero attached hydrogens (tertiary/aromatic N) is 1. The quantitative estimate of drug-likeness (QED) is 0.485. The van der Waals surface area contributed by atoms with Crippen LogP contribution >= 0.6 is 34.8 Å². The predicted octanol–water partition coefficient (Wildman–Crippen LogP) is 5.66. The fourth-order valence-corrected chi connectivity index (χ4v) is 3.26. The lowest BCUT2D eigenvalue weighted by Crippen LogP contribution is -2.10. The normalized spacial score (nSPS) is 13.0. The fourth-order valence-electron chi connectivity index (χ4n) is 2.51. The molecule has 0 saturated heterocycles. The molecule has 1 unspecified atom stereocenters. The van der Waals surface area contributed by atoms with Crippen LogP contribution in [0.4, 0.5) is 4.39 Å². The number of H-pyrrole nitrogens is 1. The van der Waals surface area contributed by atoms with E-state index in [1.807, 2.05) is 33.2 Å². The van der Waals surface area contributed by atoms with Crippen LogP contribution in [0.25, 0.3) is 11.0 Å². The smallest absolute Gasteiger partial charge is 0.178 e. The van der Waals surface area contributed by atoms with Crippen LogP contribution < -0.4 is 0 Å². The lowest BCUT2D eigenvalue weighted by atomic mass is 9.99. The molecule has 0 bridgehead atoms. The van der Waals surface area contributed by atoms with Gasteiger partial charge in [0.25, 0.3) is 0 Å². The van der Waals surface area contributed by atoms with E-state index in [9.17, 15) is 4.39 Å². The van der Waals surface area contributed by atoms with Crippen LogP contribution in [0.2, 0.25) is 0 Å². The predicted molar refractivity (Wildman–Crippen MR) is 93.1 cm³/mol. The average Bonchev–Trinajstić information content (AvgIpc) is 2.71. The largest absolute Gasteiger partial charge is 0.331 e. The van der Waals surface area contributed by atoms with Gasteiger partial charge in [0.1, 0.15) is 5.82 Å². The number of aromatic amines is 1. The molecule has 1 aromatic carbocycles. The maximum Gasteiger partial charge on any atom is 0.178 e. The molecule has 0 fully saturated rings. The molecule has 1 aromatic heterocycles. The van der Waals surface area contributed by atoms with Crippen molar-refractivity contribution in [2.75, 3.05) is 0 Å². The van der Waals surface area contributed by atoms with Crippen LogP contribution in [0, 0.1) is 20.1 Å². The van der Waals surface area contributed by atoms with Crippen molar-refractivity contribution >= 4 is 45.8 Å². The van der Waals surface area contributed by atoms with Gasteiger partial charge in [0.15, 0.2) is 4.77 Å². The van der Waals surface area contributed by atoms with Gasteiger partial charge in [0.05, 0.1) is 14.6 Å². The first-order valence-electron chi connectivity index (χ1n) is 7.14. The Kier molecular flexibility index (Phi) is 5.60. The standard InChI is InChI=1S/C15H20FIN2S/c1-3-5-6-10(4-2)9-19-14-7-11(16)12(17)8-13(14)18-15(19)20/h7-8,10H,3-6,9H2,1-2H3,(H,18,20). The van der Waals surface area contributed by atoms with Crippen LogP contribution in [0.3, 0.4) is 0 Å². The third-order valence-corrected chi connectivity index (χ3v) is 4.95. The van der Waals surface area contributed by atoms with Gasteiger partial charge in [-0.05, 0) is 53.2 Å². The topological polar surface area (TPSA) is 20.7 Å². The maximum absolute atomic E-state index is 13.8. The first kappa shape index (κ1) is 15.9. The first-order chi connectivity index (χ1) is 9.56. The summed E-state index contributed by atoms with van der Waals surface area (Å²) in [5, 5.41) is 0. The van der Waals surface area contributed by atoms with E-state index in [4.69, 9.17) is 12.2 Å². The van der Waals surface area contributed by atoms with Gasteiger partial charge in [-0.1, -0.05) is 33.1 Å². The van der Waals surface area contributed by atoms with Gasteiger partial charge in [-0.25, -0.2) is 4.39 Å². The molecular formula is C15H20FIN2S. The Morgan fingerprint density at radius 3 is 2.80 bits per heavy atom. The van der Waals surface area contributed by atoms with Crippen LogP contribution in [0.1, 0.15) is 39.5 Å². The number of unbranched alkanes of at least 4 members (excludes halogenated alkanes) is 1. The molecule has 1 N–H and O–H groups in total. The minimum atomic E-state index is -0.178. The van der Waals surface area contributed by atoms with Gasteiger partial charge in [-0.3, -0.25) is 0 Å². The summed E-state index contributed by atoms with van der Waals surface area (Å²) < 4.78 is 17.2. The minimum Gasteiger partial charge on any atom is -0.331 e. The monoisotopic (exact) mass is 406 g/mol. The first-order valence-corrected chi connectivity index (χ1v) is 8.63. The van der Waals surface area contributed by atoms with Crippen molar-refractivity contribution in [3.05, 3.63) is 26.3 Å². The molecular weight excluding hydrogens is 386 g/mol. The highest BCUT2D eigenvalue weighted by Gasteiger charge is 2.13. The second-order valence-corrected chi connectivity index (χ2v) is 6.79. The number of hydrogen-bond acceptors (Lipinski definition) is 1. The Morgan fingerprint density at radius 2 is 2.15 bits per heavy atom. The molecule has 0 aliphatic carbocycles. The second kappa shape index (κ2) is 7.02. The minimum absolute atomic E-state index is 0.178. The molecule has 110 valence electrons. The Labute approximate surface area is 137 Å². The molecule has 1 heterocycles. The number of halogens is 2. The summed E-state index contributed by atoms with van der Waals surface area (Å²) in [7, 11) is 0. The van der Waals surface area contributed by atoms with E-state index in [1.54, 1.807) is 6.07 Å². The number of nitrogens with one attached hydrogen (secondary N) is 1. The maximum atomic E-state index is 13.8. The Morgan fingerprint density at radius 1 is 1.40 bits per heavy atom. The van der Waals surface area contributed by atoms with Gasteiger partial charge < -0.3 is 9.55 Å². The molecule has 0 radical (unpaired) electrons. The number of fused-ring (bicyclic) bond motifs is 1. The summed E-state index contributed by atoms with van der Waals surface area (Å²) in [4.78, 5) is 3.19. The second-order valence-electron chi connectivity index (χ2n) is 5.24. The van der Waals surface area contributed by atoms with E-state index in [-0.39, 0.29) is 5.82 Å². The van der Waals surface area contributed by atoms with Gasteiger partial charge in [-0.15, -0.1) is 0 Å². The van der Waals surface area contributed by atoms with E-state index in [2.05, 4.69) is 18.8 Å². The molecule has 0 aliphatic heterocycles. The summed E-state index contributed by atoms with van der Waals surface area (Å²) >= 11 is 7.41. The van der Waals surface area contributed by atoms with Gasteiger partial charge in [0.2, 0.25) is 0 Å². The summed E-state index contributed by atoms with van der Waals surface area (Å²) in [6.45, 7) is 5.29. The third-order valence-electron chi connectivity index (χ3n) is 3.80. The summed E-state index contributed by atoms with van der Waals surface area (Å²) in [5.41, 5.74) is 1.80. The van der Waals surface area contributed by atoms with Crippen molar-refractivity contribution in [1.82, 2.24) is 9.55 Å². The van der Waals surface area contributed by atoms with Gasteiger partial charge in [-0.2, -0.15) is 0 Å². The molecule has 0 saturated carbocycles. The number of rotatable bonds is 6. The van der Waals surface area contributed by atoms with Crippen LogP contribution in [-0.2, 0) is 6.54 Å². The molecule has 20 heavy (non-hydrogen) atoms. The van der Waals surface area contributed by atoms with Crippen LogP contribution in [0.5, 0.6) is 0 Å². The fraction of sp³-hybridized carbons (Fsp3) is 0.533. The third kappa shape index (κ3) is 3.42. The van der Waals surface area contributed by atoms with Crippen molar-refractivity contribution in [2.45, 2.75) is 46.1 Å². The van der Waals surface area contributed by atoms with Gasteiger partial charge in [0, 0.05) is 12.6 Å². The van der Waals surface area contributed by atoms with Crippen molar-refractivity contribution in [2.24, 2.45) is 5.92 Å².